The van der Waals surface area contributed by atoms with Crippen molar-refractivity contribution in [1.29, 1.82) is 0 Å². The van der Waals surface area contributed by atoms with Gasteiger partial charge in [0.25, 0.3) is 5.91 Å². The van der Waals surface area contributed by atoms with Gasteiger partial charge in [0.15, 0.2) is 0 Å². The molecule has 1 aromatic rings. The number of urea groups is 1. The number of carbonyl (C=O) groups excluding carboxylic acids is 3. The molecule has 2 N–H and O–H groups in total. The van der Waals surface area contributed by atoms with Gasteiger partial charge in [0, 0.05) is 0 Å². The number of rotatable bonds is 4. The molecule has 2 fully saturated rings. The standard InChI is InChI=1S/C17H25N5O3S/c1-5-12-20-21-14(26-12)18-11(23)8-22-13(24)17(19-15(22)25)7-10(2)6-16(3,4)9-17/h10H,5-9H2,1-4H3,(H,19,25)(H,18,21,23)/t10-,17+/m1/s1. The molecule has 0 radical (unpaired) electrons. The van der Waals surface area contributed by atoms with Gasteiger partial charge in [0.1, 0.15) is 17.1 Å². The summed E-state index contributed by atoms with van der Waals surface area (Å²) in [4.78, 5) is 38.7. The van der Waals surface area contributed by atoms with Gasteiger partial charge >= 0.3 is 6.03 Å². The Kier molecular flexibility index (Phi) is 4.76. The van der Waals surface area contributed by atoms with Crippen LogP contribution in [0.4, 0.5) is 9.93 Å². The van der Waals surface area contributed by atoms with Gasteiger partial charge < -0.3 is 5.32 Å². The topological polar surface area (TPSA) is 104 Å². The van der Waals surface area contributed by atoms with Crippen molar-refractivity contribution in [2.45, 2.75) is 58.9 Å². The van der Waals surface area contributed by atoms with E-state index in [1.165, 1.54) is 11.3 Å². The molecule has 0 bridgehead atoms. The van der Waals surface area contributed by atoms with Gasteiger partial charge in [-0.3, -0.25) is 19.8 Å². The Bertz CT molecular complexity index is 747. The van der Waals surface area contributed by atoms with E-state index >= 15 is 0 Å². The summed E-state index contributed by atoms with van der Waals surface area (Å²) in [6.45, 7) is 7.95. The molecule has 1 spiro atoms. The average molecular weight is 379 g/mol. The van der Waals surface area contributed by atoms with Crippen LogP contribution in [0.1, 0.15) is 52.0 Å². The molecular weight excluding hydrogens is 354 g/mol. The number of aromatic nitrogens is 2. The van der Waals surface area contributed by atoms with E-state index in [-0.39, 0.29) is 17.9 Å². The van der Waals surface area contributed by atoms with Crippen molar-refractivity contribution in [3.8, 4) is 0 Å². The first-order valence-electron chi connectivity index (χ1n) is 8.90. The van der Waals surface area contributed by atoms with E-state index < -0.39 is 17.5 Å². The van der Waals surface area contributed by atoms with Crippen LogP contribution in [0.3, 0.4) is 0 Å². The van der Waals surface area contributed by atoms with Gasteiger partial charge in [-0.05, 0) is 37.0 Å². The van der Waals surface area contributed by atoms with Crippen LogP contribution in [-0.2, 0) is 16.0 Å². The lowest BCUT2D eigenvalue weighted by molar-refractivity contribution is -0.136. The number of nitrogens with zero attached hydrogens (tertiary/aromatic N) is 3. The molecule has 4 amide bonds. The number of anilines is 1. The fourth-order valence-corrected chi connectivity index (χ4v) is 5.09. The van der Waals surface area contributed by atoms with Crippen LogP contribution in [0.25, 0.3) is 0 Å². The van der Waals surface area contributed by atoms with Gasteiger partial charge in [-0.1, -0.05) is 39.0 Å². The number of imide groups is 1. The normalized spacial score (nSPS) is 27.7. The van der Waals surface area contributed by atoms with Gasteiger partial charge in [0.05, 0.1) is 0 Å². The highest BCUT2D eigenvalue weighted by Crippen LogP contribution is 2.46. The summed E-state index contributed by atoms with van der Waals surface area (Å²) < 4.78 is 0. The summed E-state index contributed by atoms with van der Waals surface area (Å²) in [6, 6.07) is -0.499. The minimum Gasteiger partial charge on any atom is -0.323 e. The highest BCUT2D eigenvalue weighted by molar-refractivity contribution is 7.15. The lowest BCUT2D eigenvalue weighted by Gasteiger charge is -2.43. The molecule has 1 saturated carbocycles. The number of carbonyl (C=O) groups is 3. The monoisotopic (exact) mass is 379 g/mol. The number of hydrogen-bond donors (Lipinski definition) is 2. The van der Waals surface area contributed by atoms with Crippen LogP contribution in [0.5, 0.6) is 0 Å². The Labute approximate surface area is 156 Å². The van der Waals surface area contributed by atoms with Crippen LogP contribution in [-0.4, -0.2) is 45.0 Å². The van der Waals surface area contributed by atoms with Crippen molar-refractivity contribution in [1.82, 2.24) is 20.4 Å². The average Bonchev–Trinajstić information content (AvgIpc) is 3.04. The second-order valence-corrected chi connectivity index (χ2v) is 9.22. The quantitative estimate of drug-likeness (QED) is 0.780. The largest absolute Gasteiger partial charge is 0.325 e. The summed E-state index contributed by atoms with van der Waals surface area (Å²) in [7, 11) is 0. The molecule has 1 aromatic heterocycles. The van der Waals surface area contributed by atoms with Crippen molar-refractivity contribution in [3.05, 3.63) is 5.01 Å². The van der Waals surface area contributed by atoms with Crippen molar-refractivity contribution in [2.24, 2.45) is 11.3 Å². The lowest BCUT2D eigenvalue weighted by atomic mass is 9.64. The summed E-state index contributed by atoms with van der Waals surface area (Å²) in [5, 5.41) is 14.5. The van der Waals surface area contributed by atoms with Crippen LogP contribution < -0.4 is 10.6 Å². The first-order chi connectivity index (χ1) is 12.1. The minimum absolute atomic E-state index is 0.0397. The van der Waals surface area contributed by atoms with Crippen LogP contribution in [0.15, 0.2) is 0 Å². The van der Waals surface area contributed by atoms with Crippen molar-refractivity contribution >= 4 is 34.3 Å². The highest BCUT2D eigenvalue weighted by atomic mass is 32.1. The molecule has 1 saturated heterocycles. The zero-order valence-electron chi connectivity index (χ0n) is 15.6. The molecule has 26 heavy (non-hydrogen) atoms. The summed E-state index contributed by atoms with van der Waals surface area (Å²) in [5.74, 6) is -0.429. The molecule has 3 rings (SSSR count). The van der Waals surface area contributed by atoms with Crippen LogP contribution in [0, 0.1) is 11.3 Å². The maximum absolute atomic E-state index is 13.0. The van der Waals surface area contributed by atoms with E-state index in [9.17, 15) is 14.4 Å². The van der Waals surface area contributed by atoms with Gasteiger partial charge in [-0.2, -0.15) is 0 Å². The Morgan fingerprint density at radius 3 is 2.69 bits per heavy atom. The molecule has 9 heteroatoms. The SMILES string of the molecule is CCc1nnc(NC(=O)CN2C(=O)N[C@]3(C[C@H](C)CC(C)(C)C3)C2=O)s1. The Morgan fingerprint density at radius 2 is 2.08 bits per heavy atom. The molecule has 1 aliphatic carbocycles. The Morgan fingerprint density at radius 1 is 1.35 bits per heavy atom. The third-order valence-electron chi connectivity index (χ3n) is 4.94. The van der Waals surface area contributed by atoms with E-state index in [1.54, 1.807) is 0 Å². The molecule has 2 heterocycles. The van der Waals surface area contributed by atoms with E-state index in [2.05, 4.69) is 41.6 Å². The predicted octanol–water partition coefficient (Wildman–Crippen LogP) is 2.18. The predicted molar refractivity (Wildman–Crippen MR) is 97.7 cm³/mol. The van der Waals surface area contributed by atoms with E-state index in [4.69, 9.17) is 0 Å². The highest BCUT2D eigenvalue weighted by Gasteiger charge is 2.56. The summed E-state index contributed by atoms with van der Waals surface area (Å²) in [6.07, 6.45) is 2.94. The first-order valence-corrected chi connectivity index (χ1v) is 9.72. The summed E-state index contributed by atoms with van der Waals surface area (Å²) >= 11 is 1.28. The smallest absolute Gasteiger partial charge is 0.323 e. The zero-order valence-corrected chi connectivity index (χ0v) is 16.4. The van der Waals surface area contributed by atoms with E-state index in [0.717, 1.165) is 22.7 Å². The van der Waals surface area contributed by atoms with Gasteiger partial charge in [-0.25, -0.2) is 4.79 Å². The molecule has 8 nitrogen and oxygen atoms in total. The van der Waals surface area contributed by atoms with Crippen LogP contribution >= 0.6 is 11.3 Å². The molecule has 0 aromatic carbocycles. The van der Waals surface area contributed by atoms with Gasteiger partial charge in [0.2, 0.25) is 11.0 Å². The van der Waals surface area contributed by atoms with Crippen molar-refractivity contribution in [2.75, 3.05) is 11.9 Å². The van der Waals surface area contributed by atoms with E-state index in [0.29, 0.717) is 23.9 Å². The molecule has 2 atom stereocenters. The second-order valence-electron chi connectivity index (χ2n) is 8.16. The molecule has 0 unspecified atom stereocenters. The number of aryl methyl sites for hydroxylation is 1. The fourth-order valence-electron chi connectivity index (χ4n) is 4.40. The molecular formula is C17H25N5O3S. The second kappa shape index (κ2) is 6.61. The van der Waals surface area contributed by atoms with Crippen molar-refractivity contribution in [3.63, 3.8) is 0 Å². The maximum atomic E-state index is 13.0. The Hall–Kier alpha value is -2.03. The third kappa shape index (κ3) is 3.58. The van der Waals surface area contributed by atoms with Gasteiger partial charge in [-0.15, -0.1) is 10.2 Å². The third-order valence-corrected chi connectivity index (χ3v) is 5.92. The molecule has 142 valence electrons. The van der Waals surface area contributed by atoms with E-state index in [1.807, 2.05) is 6.92 Å². The molecule has 1 aliphatic heterocycles. The minimum atomic E-state index is -0.892. The lowest BCUT2D eigenvalue weighted by Crippen LogP contribution is -2.54. The van der Waals surface area contributed by atoms with Crippen LogP contribution in [0.2, 0.25) is 0 Å². The number of hydrogen-bond acceptors (Lipinski definition) is 6. The number of nitrogens with one attached hydrogen (secondary N) is 2. The van der Waals surface area contributed by atoms with Crippen molar-refractivity contribution < 1.29 is 14.4 Å². The summed E-state index contributed by atoms with van der Waals surface area (Å²) in [5.41, 5.74) is -0.932. The maximum Gasteiger partial charge on any atom is 0.325 e. The Balaban J connectivity index is 1.70. The fraction of sp³-hybridized carbons (Fsp3) is 0.706. The zero-order chi connectivity index (χ0) is 19.1. The molecule has 2 aliphatic rings. The first kappa shape index (κ1) is 18.8. The number of amides is 4.